The lowest BCUT2D eigenvalue weighted by molar-refractivity contribution is -0.0857. The molecule has 0 aromatic carbocycles. The summed E-state index contributed by atoms with van der Waals surface area (Å²) in [7, 11) is 1.72. The van der Waals surface area contributed by atoms with Crippen LogP contribution in [-0.2, 0) is 9.47 Å². The first-order chi connectivity index (χ1) is 8.78. The topological polar surface area (TPSA) is 50.7 Å². The predicted molar refractivity (Wildman–Crippen MR) is 70.7 cm³/mol. The smallest absolute Gasteiger partial charge is 0.0697 e. The van der Waals surface area contributed by atoms with E-state index in [0.717, 1.165) is 25.9 Å². The van der Waals surface area contributed by atoms with Crippen molar-refractivity contribution in [3.63, 3.8) is 0 Å². The van der Waals surface area contributed by atoms with Gasteiger partial charge in [0, 0.05) is 32.4 Å². The van der Waals surface area contributed by atoms with Crippen LogP contribution in [0.4, 0.5) is 0 Å². The third-order valence-electron chi connectivity index (χ3n) is 4.32. The fourth-order valence-electron chi connectivity index (χ4n) is 3.44. The Labute approximate surface area is 110 Å². The zero-order chi connectivity index (χ0) is 12.8. The molecule has 1 saturated carbocycles. The average Bonchev–Trinajstić information content (AvgIpc) is 2.78. The van der Waals surface area contributed by atoms with Crippen LogP contribution < -0.4 is 5.32 Å². The van der Waals surface area contributed by atoms with E-state index in [0.29, 0.717) is 12.6 Å². The highest BCUT2D eigenvalue weighted by molar-refractivity contribution is 4.94. The van der Waals surface area contributed by atoms with Gasteiger partial charge in [-0.15, -0.1) is 0 Å². The van der Waals surface area contributed by atoms with Gasteiger partial charge in [0.25, 0.3) is 0 Å². The standard InChI is InChI=1S/C14H27NO3/c1-17-11-13(4-8-16)15-12-5-9-18-14(10-12)6-2-3-7-14/h12-13,15-16H,2-11H2,1H3. The van der Waals surface area contributed by atoms with Crippen molar-refractivity contribution in [1.82, 2.24) is 5.32 Å². The van der Waals surface area contributed by atoms with Crippen LogP contribution in [0.1, 0.15) is 44.9 Å². The molecule has 2 N–H and O–H groups in total. The van der Waals surface area contributed by atoms with Gasteiger partial charge in [-0.3, -0.25) is 0 Å². The van der Waals surface area contributed by atoms with E-state index in [1.807, 2.05) is 0 Å². The first-order valence-electron chi connectivity index (χ1n) is 7.28. The van der Waals surface area contributed by atoms with E-state index in [-0.39, 0.29) is 18.2 Å². The molecule has 4 nitrogen and oxygen atoms in total. The summed E-state index contributed by atoms with van der Waals surface area (Å²) in [6.45, 7) is 1.76. The third-order valence-corrected chi connectivity index (χ3v) is 4.32. The van der Waals surface area contributed by atoms with Gasteiger partial charge in [-0.25, -0.2) is 0 Å². The number of hydrogen-bond acceptors (Lipinski definition) is 4. The summed E-state index contributed by atoms with van der Waals surface area (Å²) in [4.78, 5) is 0. The molecule has 1 saturated heterocycles. The Morgan fingerprint density at radius 3 is 2.89 bits per heavy atom. The minimum Gasteiger partial charge on any atom is -0.396 e. The summed E-state index contributed by atoms with van der Waals surface area (Å²) in [5.74, 6) is 0. The van der Waals surface area contributed by atoms with E-state index in [9.17, 15) is 0 Å². The largest absolute Gasteiger partial charge is 0.396 e. The number of rotatable bonds is 6. The molecule has 106 valence electrons. The molecular formula is C14H27NO3. The second kappa shape index (κ2) is 6.85. The van der Waals surface area contributed by atoms with Crippen molar-refractivity contribution in [3.05, 3.63) is 0 Å². The molecule has 1 aliphatic heterocycles. The van der Waals surface area contributed by atoms with Crippen molar-refractivity contribution in [2.75, 3.05) is 26.9 Å². The lowest BCUT2D eigenvalue weighted by Gasteiger charge is -2.40. The zero-order valence-electron chi connectivity index (χ0n) is 11.5. The Balaban J connectivity index is 1.83. The van der Waals surface area contributed by atoms with Crippen molar-refractivity contribution >= 4 is 0 Å². The Bertz CT molecular complexity index is 235. The molecule has 0 aromatic heterocycles. The van der Waals surface area contributed by atoms with Gasteiger partial charge in [-0.1, -0.05) is 12.8 Å². The van der Waals surface area contributed by atoms with Crippen LogP contribution in [0.15, 0.2) is 0 Å². The summed E-state index contributed by atoms with van der Waals surface area (Å²) in [5, 5.41) is 12.7. The summed E-state index contributed by atoms with van der Waals surface area (Å²) in [5.41, 5.74) is 0.159. The quantitative estimate of drug-likeness (QED) is 0.756. The van der Waals surface area contributed by atoms with E-state index < -0.39 is 0 Å². The highest BCUT2D eigenvalue weighted by Gasteiger charge is 2.40. The van der Waals surface area contributed by atoms with Gasteiger partial charge in [-0.2, -0.15) is 0 Å². The van der Waals surface area contributed by atoms with E-state index >= 15 is 0 Å². The zero-order valence-corrected chi connectivity index (χ0v) is 11.5. The molecule has 2 fully saturated rings. The summed E-state index contributed by atoms with van der Waals surface area (Å²) >= 11 is 0. The fourth-order valence-corrected chi connectivity index (χ4v) is 3.44. The van der Waals surface area contributed by atoms with Crippen molar-refractivity contribution < 1.29 is 14.6 Å². The molecule has 2 aliphatic rings. The van der Waals surface area contributed by atoms with Crippen LogP contribution in [0.5, 0.6) is 0 Å². The molecule has 4 heteroatoms. The number of aliphatic hydroxyl groups is 1. The molecule has 1 spiro atoms. The van der Waals surface area contributed by atoms with Gasteiger partial charge >= 0.3 is 0 Å². The molecule has 0 radical (unpaired) electrons. The molecule has 2 atom stereocenters. The Morgan fingerprint density at radius 1 is 1.44 bits per heavy atom. The number of hydrogen-bond donors (Lipinski definition) is 2. The first kappa shape index (κ1) is 14.3. The lowest BCUT2D eigenvalue weighted by atomic mass is 9.88. The second-order valence-corrected chi connectivity index (χ2v) is 5.76. The normalized spacial score (nSPS) is 28.7. The number of aliphatic hydroxyl groups excluding tert-OH is 1. The maximum Gasteiger partial charge on any atom is 0.0697 e. The van der Waals surface area contributed by atoms with Crippen molar-refractivity contribution in [2.45, 2.75) is 62.6 Å². The molecule has 18 heavy (non-hydrogen) atoms. The highest BCUT2D eigenvalue weighted by Crippen LogP contribution is 2.40. The maximum atomic E-state index is 9.08. The van der Waals surface area contributed by atoms with Crippen LogP contribution in [0.25, 0.3) is 0 Å². The van der Waals surface area contributed by atoms with Gasteiger partial charge in [0.15, 0.2) is 0 Å². The summed E-state index contributed by atoms with van der Waals surface area (Å²) < 4.78 is 11.2. The molecule has 0 bridgehead atoms. The Kier molecular flexibility index (Phi) is 5.42. The Morgan fingerprint density at radius 2 is 2.22 bits per heavy atom. The van der Waals surface area contributed by atoms with Crippen LogP contribution in [0, 0.1) is 0 Å². The molecule has 2 rings (SSSR count). The Hall–Kier alpha value is -0.160. The van der Waals surface area contributed by atoms with E-state index in [4.69, 9.17) is 14.6 Å². The molecule has 0 amide bonds. The van der Waals surface area contributed by atoms with Gasteiger partial charge in [-0.05, 0) is 32.1 Å². The average molecular weight is 257 g/mol. The summed E-state index contributed by atoms with van der Waals surface area (Å²) in [6, 6.07) is 0.783. The van der Waals surface area contributed by atoms with Crippen molar-refractivity contribution in [2.24, 2.45) is 0 Å². The minimum absolute atomic E-state index is 0.159. The number of methoxy groups -OCH3 is 1. The molecule has 1 aliphatic carbocycles. The van der Waals surface area contributed by atoms with Crippen molar-refractivity contribution in [3.8, 4) is 0 Å². The van der Waals surface area contributed by atoms with Crippen LogP contribution >= 0.6 is 0 Å². The van der Waals surface area contributed by atoms with Crippen LogP contribution in [-0.4, -0.2) is 49.7 Å². The molecule has 0 aromatic rings. The van der Waals surface area contributed by atoms with Crippen LogP contribution in [0.2, 0.25) is 0 Å². The minimum atomic E-state index is 0.159. The molecule has 1 heterocycles. The van der Waals surface area contributed by atoms with Gasteiger partial charge in [0.2, 0.25) is 0 Å². The van der Waals surface area contributed by atoms with E-state index in [2.05, 4.69) is 5.32 Å². The van der Waals surface area contributed by atoms with Gasteiger partial charge < -0.3 is 19.9 Å². The summed E-state index contributed by atoms with van der Waals surface area (Å²) in [6.07, 6.45) is 8.03. The van der Waals surface area contributed by atoms with Crippen LogP contribution in [0.3, 0.4) is 0 Å². The van der Waals surface area contributed by atoms with E-state index in [1.54, 1.807) is 7.11 Å². The SMILES string of the molecule is COCC(CCO)NC1CCOC2(CCCC2)C1. The third kappa shape index (κ3) is 3.67. The monoisotopic (exact) mass is 257 g/mol. The first-order valence-corrected chi connectivity index (χ1v) is 7.28. The predicted octanol–water partition coefficient (Wildman–Crippen LogP) is 1.47. The van der Waals surface area contributed by atoms with Crippen molar-refractivity contribution in [1.29, 1.82) is 0 Å². The second-order valence-electron chi connectivity index (χ2n) is 5.76. The fraction of sp³-hybridized carbons (Fsp3) is 1.00. The van der Waals surface area contributed by atoms with Gasteiger partial charge in [0.1, 0.15) is 0 Å². The van der Waals surface area contributed by atoms with E-state index in [1.165, 1.54) is 25.7 Å². The van der Waals surface area contributed by atoms with Gasteiger partial charge in [0.05, 0.1) is 12.2 Å². The number of ether oxygens (including phenoxy) is 2. The number of nitrogens with one attached hydrogen (secondary N) is 1. The molecular weight excluding hydrogens is 230 g/mol. The lowest BCUT2D eigenvalue weighted by Crippen LogP contribution is -2.50. The molecule has 2 unspecified atom stereocenters. The highest BCUT2D eigenvalue weighted by atomic mass is 16.5. The maximum absolute atomic E-state index is 9.08.